The summed E-state index contributed by atoms with van der Waals surface area (Å²) >= 11 is 0. The fourth-order valence-electron chi connectivity index (χ4n) is 5.09. The van der Waals surface area contributed by atoms with E-state index in [1.165, 1.54) is 0 Å². The first-order chi connectivity index (χ1) is 16.7. The Morgan fingerprint density at radius 1 is 1.03 bits per heavy atom. The number of carbonyl (C=O) groups is 3. The Bertz CT molecular complexity index is 1060. The summed E-state index contributed by atoms with van der Waals surface area (Å²) in [6.45, 7) is 4.46. The van der Waals surface area contributed by atoms with Gasteiger partial charge in [-0.1, -0.05) is 48.5 Å². The topological polar surface area (TPSA) is 114 Å². The van der Waals surface area contributed by atoms with Crippen LogP contribution in [0.25, 0.3) is 11.1 Å². The van der Waals surface area contributed by atoms with Gasteiger partial charge in [0.15, 0.2) is 0 Å². The Balaban J connectivity index is 1.34. The molecule has 0 atom stereocenters. The lowest BCUT2D eigenvalue weighted by atomic mass is 9.86. The van der Waals surface area contributed by atoms with Crippen molar-refractivity contribution in [2.75, 3.05) is 19.8 Å². The molecule has 0 aromatic heterocycles. The first kappa shape index (κ1) is 24.7. The molecule has 1 heterocycles. The highest BCUT2D eigenvalue weighted by Crippen LogP contribution is 2.44. The number of rotatable bonds is 8. The van der Waals surface area contributed by atoms with E-state index in [-0.39, 0.29) is 31.3 Å². The molecule has 8 nitrogen and oxygen atoms in total. The van der Waals surface area contributed by atoms with Crippen LogP contribution in [0.2, 0.25) is 0 Å². The van der Waals surface area contributed by atoms with Gasteiger partial charge in [-0.05, 0) is 48.9 Å². The summed E-state index contributed by atoms with van der Waals surface area (Å²) in [5.41, 5.74) is 2.83. The van der Waals surface area contributed by atoms with E-state index in [2.05, 4.69) is 34.9 Å². The van der Waals surface area contributed by atoms with Gasteiger partial charge in [0, 0.05) is 31.1 Å². The fourth-order valence-corrected chi connectivity index (χ4v) is 5.09. The van der Waals surface area contributed by atoms with E-state index in [9.17, 15) is 19.5 Å². The average Bonchev–Trinajstić information content (AvgIpc) is 3.10. The number of hydrogen-bond acceptors (Lipinski definition) is 5. The zero-order valence-electron chi connectivity index (χ0n) is 20.1. The van der Waals surface area contributed by atoms with Crippen molar-refractivity contribution in [1.29, 1.82) is 0 Å². The average molecular weight is 481 g/mol. The maximum absolute atomic E-state index is 12.8. The summed E-state index contributed by atoms with van der Waals surface area (Å²) in [5, 5.41) is 15.0. The second kappa shape index (κ2) is 10.1. The zero-order valence-corrected chi connectivity index (χ0v) is 20.1. The SMILES string of the molecule is CC(C)(CC(=O)NC1(CC(=O)O)CCOCC1)NC(=O)OCC1c2ccccc2-c2ccccc21. The van der Waals surface area contributed by atoms with Gasteiger partial charge in [-0.2, -0.15) is 0 Å². The predicted molar refractivity (Wildman–Crippen MR) is 130 cm³/mol. The number of carboxylic acids is 1. The van der Waals surface area contributed by atoms with Crippen LogP contribution >= 0.6 is 0 Å². The van der Waals surface area contributed by atoms with Crippen LogP contribution in [0.5, 0.6) is 0 Å². The van der Waals surface area contributed by atoms with Gasteiger partial charge in [-0.25, -0.2) is 4.79 Å². The first-order valence-electron chi connectivity index (χ1n) is 11.9. The molecular formula is C27H32N2O6. The fraction of sp³-hybridized carbons (Fsp3) is 0.444. The number of aliphatic carboxylic acids is 1. The van der Waals surface area contributed by atoms with Gasteiger partial charge in [0.2, 0.25) is 5.91 Å². The maximum Gasteiger partial charge on any atom is 0.407 e. The molecule has 2 amide bonds. The van der Waals surface area contributed by atoms with Gasteiger partial charge in [-0.3, -0.25) is 9.59 Å². The number of ether oxygens (including phenoxy) is 2. The minimum absolute atomic E-state index is 0.0145. The highest BCUT2D eigenvalue weighted by Gasteiger charge is 2.38. The summed E-state index contributed by atoms with van der Waals surface area (Å²) in [6.07, 6.45) is 0.0918. The number of carboxylic acid groups (broad SMARTS) is 1. The Morgan fingerprint density at radius 3 is 2.17 bits per heavy atom. The lowest BCUT2D eigenvalue weighted by molar-refractivity contribution is -0.140. The van der Waals surface area contributed by atoms with E-state index in [1.54, 1.807) is 13.8 Å². The number of fused-ring (bicyclic) bond motifs is 3. The molecule has 35 heavy (non-hydrogen) atoms. The van der Waals surface area contributed by atoms with Crippen molar-refractivity contribution in [2.45, 2.75) is 56.5 Å². The summed E-state index contributed by atoms with van der Waals surface area (Å²) < 4.78 is 10.9. The molecule has 0 saturated carbocycles. The second-order valence-electron chi connectivity index (χ2n) is 10.0. The van der Waals surface area contributed by atoms with E-state index in [4.69, 9.17) is 9.47 Å². The number of carbonyl (C=O) groups excluding carboxylic acids is 2. The van der Waals surface area contributed by atoms with Crippen molar-refractivity contribution in [1.82, 2.24) is 10.6 Å². The van der Waals surface area contributed by atoms with E-state index >= 15 is 0 Å². The van der Waals surface area contributed by atoms with Crippen molar-refractivity contribution in [2.24, 2.45) is 0 Å². The van der Waals surface area contributed by atoms with Gasteiger partial charge < -0.3 is 25.2 Å². The zero-order chi connectivity index (χ0) is 25.1. The van der Waals surface area contributed by atoms with Crippen LogP contribution in [0.3, 0.4) is 0 Å². The Hall–Kier alpha value is -3.39. The van der Waals surface area contributed by atoms with Gasteiger partial charge >= 0.3 is 12.1 Å². The molecule has 1 aliphatic carbocycles. The van der Waals surface area contributed by atoms with Gasteiger partial charge in [0.25, 0.3) is 0 Å². The van der Waals surface area contributed by atoms with Crippen LogP contribution in [-0.4, -0.2) is 54.0 Å². The molecule has 0 spiro atoms. The molecular weight excluding hydrogens is 448 g/mol. The molecule has 3 N–H and O–H groups in total. The lowest BCUT2D eigenvalue weighted by Crippen LogP contribution is -2.55. The van der Waals surface area contributed by atoms with Crippen LogP contribution in [0.15, 0.2) is 48.5 Å². The molecule has 1 aliphatic heterocycles. The third-order valence-corrected chi connectivity index (χ3v) is 6.73. The van der Waals surface area contributed by atoms with Crippen LogP contribution in [0.1, 0.15) is 56.6 Å². The van der Waals surface area contributed by atoms with E-state index < -0.39 is 23.1 Å². The van der Waals surface area contributed by atoms with Crippen molar-refractivity contribution in [3.8, 4) is 11.1 Å². The van der Waals surface area contributed by atoms with Crippen molar-refractivity contribution >= 4 is 18.0 Å². The van der Waals surface area contributed by atoms with E-state index in [0.29, 0.717) is 26.1 Å². The number of hydrogen-bond donors (Lipinski definition) is 3. The quantitative estimate of drug-likeness (QED) is 0.529. The van der Waals surface area contributed by atoms with Crippen molar-refractivity contribution in [3.05, 3.63) is 59.7 Å². The minimum Gasteiger partial charge on any atom is -0.481 e. The summed E-state index contributed by atoms with van der Waals surface area (Å²) in [5.74, 6) is -1.34. The Morgan fingerprint density at radius 2 is 1.60 bits per heavy atom. The number of amides is 2. The highest BCUT2D eigenvalue weighted by atomic mass is 16.5. The smallest absolute Gasteiger partial charge is 0.407 e. The summed E-state index contributed by atoms with van der Waals surface area (Å²) in [6, 6.07) is 16.2. The molecule has 1 fully saturated rings. The molecule has 2 aliphatic rings. The molecule has 1 saturated heterocycles. The second-order valence-corrected chi connectivity index (χ2v) is 10.0. The van der Waals surface area contributed by atoms with Crippen LogP contribution < -0.4 is 10.6 Å². The van der Waals surface area contributed by atoms with Crippen molar-refractivity contribution < 1.29 is 29.0 Å². The normalized spacial score (nSPS) is 16.6. The minimum atomic E-state index is -0.969. The molecule has 4 rings (SSSR count). The van der Waals surface area contributed by atoms with Gasteiger partial charge in [-0.15, -0.1) is 0 Å². The number of alkyl carbamates (subject to hydrolysis) is 1. The largest absolute Gasteiger partial charge is 0.481 e. The molecule has 2 aromatic carbocycles. The van der Waals surface area contributed by atoms with E-state index in [1.807, 2.05) is 24.3 Å². The standard InChI is InChI=1S/C27H32N2O6/c1-26(2,15-23(30)28-27(16-24(31)32)11-13-34-14-12-27)29-25(33)35-17-22-20-9-5-3-7-18(20)19-8-4-6-10-21(19)22/h3-10,22H,11-17H2,1-2H3,(H,28,30)(H,29,33)(H,31,32). The molecule has 0 unspecified atom stereocenters. The third-order valence-electron chi connectivity index (χ3n) is 6.73. The first-order valence-corrected chi connectivity index (χ1v) is 11.9. The number of nitrogens with one attached hydrogen (secondary N) is 2. The summed E-state index contributed by atoms with van der Waals surface area (Å²) in [4.78, 5) is 36.8. The number of benzene rings is 2. The Kier molecular flexibility index (Phi) is 7.12. The highest BCUT2D eigenvalue weighted by molar-refractivity contribution is 5.81. The van der Waals surface area contributed by atoms with Crippen LogP contribution in [0.4, 0.5) is 4.79 Å². The molecule has 0 radical (unpaired) electrons. The van der Waals surface area contributed by atoms with Crippen LogP contribution in [0, 0.1) is 0 Å². The molecule has 186 valence electrons. The van der Waals surface area contributed by atoms with Gasteiger partial charge in [0.1, 0.15) is 6.61 Å². The molecule has 0 bridgehead atoms. The lowest BCUT2D eigenvalue weighted by Gasteiger charge is -2.37. The molecule has 8 heteroatoms. The van der Waals surface area contributed by atoms with Crippen molar-refractivity contribution in [3.63, 3.8) is 0 Å². The maximum atomic E-state index is 12.8. The third kappa shape index (κ3) is 5.82. The Labute approximate surface area is 205 Å². The summed E-state index contributed by atoms with van der Waals surface area (Å²) in [7, 11) is 0. The van der Waals surface area contributed by atoms with E-state index in [0.717, 1.165) is 22.3 Å². The monoisotopic (exact) mass is 480 g/mol. The van der Waals surface area contributed by atoms with Crippen LogP contribution in [-0.2, 0) is 19.1 Å². The molecule has 2 aromatic rings. The van der Waals surface area contributed by atoms with Gasteiger partial charge in [0.05, 0.1) is 12.0 Å². The predicted octanol–water partition coefficient (Wildman–Crippen LogP) is 3.83.